The number of hydrogen-bond donors (Lipinski definition) is 3. The molecule has 0 fully saturated rings. The molecule has 128 valence electrons. The van der Waals surface area contributed by atoms with Crippen LogP contribution in [-0.4, -0.2) is 24.8 Å². The molecule has 24 heavy (non-hydrogen) atoms. The van der Waals surface area contributed by atoms with Gasteiger partial charge in [0.15, 0.2) is 0 Å². The van der Waals surface area contributed by atoms with Gasteiger partial charge in [0, 0.05) is 18.7 Å². The SMILES string of the molecule is COc1cccc(C(O)CNC(=O)NCc2cc(F)ccc2F)c1. The highest BCUT2D eigenvalue weighted by atomic mass is 19.1. The summed E-state index contributed by atoms with van der Waals surface area (Å²) in [4.78, 5) is 11.7. The molecular weight excluding hydrogens is 318 g/mol. The first-order valence-electron chi connectivity index (χ1n) is 7.27. The molecule has 0 heterocycles. The fraction of sp³-hybridized carbons (Fsp3) is 0.235. The average Bonchev–Trinajstić information content (AvgIpc) is 2.60. The summed E-state index contributed by atoms with van der Waals surface area (Å²) in [6, 6.07) is 9.25. The molecule has 7 heteroatoms. The fourth-order valence-corrected chi connectivity index (χ4v) is 2.07. The summed E-state index contributed by atoms with van der Waals surface area (Å²) in [6.07, 6.45) is -0.920. The quantitative estimate of drug-likeness (QED) is 0.759. The summed E-state index contributed by atoms with van der Waals surface area (Å²) >= 11 is 0. The third kappa shape index (κ3) is 4.92. The Labute approximate surface area is 138 Å². The number of carbonyl (C=O) groups excluding carboxylic acids is 1. The van der Waals surface area contributed by atoms with Crippen molar-refractivity contribution in [1.82, 2.24) is 10.6 Å². The van der Waals surface area contributed by atoms with E-state index in [-0.39, 0.29) is 18.7 Å². The van der Waals surface area contributed by atoms with Gasteiger partial charge in [-0.05, 0) is 35.9 Å². The molecule has 0 saturated heterocycles. The Morgan fingerprint density at radius 3 is 2.75 bits per heavy atom. The summed E-state index contributed by atoms with van der Waals surface area (Å²) < 4.78 is 31.5. The van der Waals surface area contributed by atoms with Gasteiger partial charge in [-0.15, -0.1) is 0 Å². The van der Waals surface area contributed by atoms with Crippen molar-refractivity contribution in [2.45, 2.75) is 12.6 Å². The van der Waals surface area contributed by atoms with E-state index in [9.17, 15) is 18.7 Å². The summed E-state index contributed by atoms with van der Waals surface area (Å²) in [5, 5.41) is 14.9. The second-order valence-corrected chi connectivity index (χ2v) is 5.09. The van der Waals surface area contributed by atoms with Crippen LogP contribution >= 0.6 is 0 Å². The molecule has 0 aliphatic rings. The van der Waals surface area contributed by atoms with E-state index in [2.05, 4.69) is 10.6 Å². The van der Waals surface area contributed by atoms with E-state index in [1.807, 2.05) is 0 Å². The predicted molar refractivity (Wildman–Crippen MR) is 84.6 cm³/mol. The van der Waals surface area contributed by atoms with Crippen LogP contribution in [0, 0.1) is 11.6 Å². The highest BCUT2D eigenvalue weighted by molar-refractivity contribution is 5.73. The summed E-state index contributed by atoms with van der Waals surface area (Å²) in [7, 11) is 1.52. The average molecular weight is 336 g/mol. The van der Waals surface area contributed by atoms with Gasteiger partial charge in [-0.3, -0.25) is 0 Å². The Kier molecular flexibility index (Phi) is 6.08. The molecule has 3 N–H and O–H groups in total. The van der Waals surface area contributed by atoms with E-state index in [4.69, 9.17) is 4.74 Å². The van der Waals surface area contributed by atoms with Crippen molar-refractivity contribution in [3.05, 3.63) is 65.2 Å². The molecule has 0 saturated carbocycles. The van der Waals surface area contributed by atoms with E-state index >= 15 is 0 Å². The number of benzene rings is 2. The molecule has 5 nitrogen and oxygen atoms in total. The lowest BCUT2D eigenvalue weighted by Crippen LogP contribution is -2.37. The maximum absolute atomic E-state index is 13.4. The minimum absolute atomic E-state index is 0.0371. The predicted octanol–water partition coefficient (Wildman–Crippen LogP) is 2.51. The molecule has 0 bridgehead atoms. The zero-order valence-corrected chi connectivity index (χ0v) is 13.1. The topological polar surface area (TPSA) is 70.6 Å². The Hall–Kier alpha value is -2.67. The first-order chi connectivity index (χ1) is 11.5. The number of urea groups is 1. The molecule has 0 aliphatic carbocycles. The van der Waals surface area contributed by atoms with E-state index < -0.39 is 23.8 Å². The zero-order chi connectivity index (χ0) is 17.5. The van der Waals surface area contributed by atoms with Gasteiger partial charge >= 0.3 is 6.03 Å². The number of rotatable bonds is 6. The molecular formula is C17H18F2N2O3. The third-order valence-corrected chi connectivity index (χ3v) is 3.38. The molecule has 1 atom stereocenters. The van der Waals surface area contributed by atoms with Crippen molar-refractivity contribution in [2.24, 2.45) is 0 Å². The molecule has 2 rings (SSSR count). The van der Waals surface area contributed by atoms with Gasteiger partial charge in [0.05, 0.1) is 13.2 Å². The highest BCUT2D eigenvalue weighted by Gasteiger charge is 2.11. The van der Waals surface area contributed by atoms with E-state index in [1.54, 1.807) is 24.3 Å². The summed E-state index contributed by atoms with van der Waals surface area (Å²) in [6.45, 7) is -0.199. The Balaban J connectivity index is 1.83. The van der Waals surface area contributed by atoms with Crippen LogP contribution in [-0.2, 0) is 6.54 Å². The molecule has 0 aromatic heterocycles. The van der Waals surface area contributed by atoms with Crippen LogP contribution in [0.1, 0.15) is 17.2 Å². The first kappa shape index (κ1) is 17.7. The van der Waals surface area contributed by atoms with Gasteiger partial charge in [-0.1, -0.05) is 12.1 Å². The lowest BCUT2D eigenvalue weighted by molar-refractivity contribution is 0.172. The van der Waals surface area contributed by atoms with Crippen molar-refractivity contribution in [2.75, 3.05) is 13.7 Å². The van der Waals surface area contributed by atoms with Gasteiger partial charge < -0.3 is 20.5 Å². The Morgan fingerprint density at radius 1 is 1.21 bits per heavy atom. The third-order valence-electron chi connectivity index (χ3n) is 3.38. The molecule has 2 aromatic rings. The molecule has 0 spiro atoms. The van der Waals surface area contributed by atoms with Gasteiger partial charge in [0.25, 0.3) is 0 Å². The summed E-state index contributed by atoms with van der Waals surface area (Å²) in [5.41, 5.74) is 0.629. The number of methoxy groups -OCH3 is 1. The monoisotopic (exact) mass is 336 g/mol. The number of carbonyl (C=O) groups is 1. The minimum atomic E-state index is -0.920. The standard InChI is InChI=1S/C17H18F2N2O3/c1-24-14-4-2-3-11(8-14)16(22)10-21-17(23)20-9-12-7-13(18)5-6-15(12)19/h2-8,16,22H,9-10H2,1H3,(H2,20,21,23). The first-order valence-corrected chi connectivity index (χ1v) is 7.27. The zero-order valence-electron chi connectivity index (χ0n) is 13.1. The van der Waals surface area contributed by atoms with Crippen LogP contribution in [0.15, 0.2) is 42.5 Å². The van der Waals surface area contributed by atoms with Crippen LogP contribution in [0.3, 0.4) is 0 Å². The van der Waals surface area contributed by atoms with Gasteiger partial charge in [0.1, 0.15) is 17.4 Å². The van der Waals surface area contributed by atoms with Crippen LogP contribution in [0.4, 0.5) is 13.6 Å². The minimum Gasteiger partial charge on any atom is -0.497 e. The number of hydrogen-bond acceptors (Lipinski definition) is 3. The van der Waals surface area contributed by atoms with Crippen molar-refractivity contribution < 1.29 is 23.4 Å². The fourth-order valence-electron chi connectivity index (χ4n) is 2.07. The van der Waals surface area contributed by atoms with Crippen molar-refractivity contribution >= 4 is 6.03 Å². The van der Waals surface area contributed by atoms with E-state index in [1.165, 1.54) is 7.11 Å². The Bertz CT molecular complexity index is 710. The van der Waals surface area contributed by atoms with Gasteiger partial charge in [0.2, 0.25) is 0 Å². The lowest BCUT2D eigenvalue weighted by atomic mass is 10.1. The smallest absolute Gasteiger partial charge is 0.315 e. The van der Waals surface area contributed by atoms with Crippen LogP contribution in [0.25, 0.3) is 0 Å². The molecule has 2 amide bonds. The number of halogens is 2. The number of aliphatic hydroxyl groups is 1. The normalized spacial score (nSPS) is 11.7. The summed E-state index contributed by atoms with van der Waals surface area (Å²) in [5.74, 6) is -0.590. The number of nitrogens with one attached hydrogen (secondary N) is 2. The molecule has 0 radical (unpaired) electrons. The van der Waals surface area contributed by atoms with Crippen LogP contribution in [0.5, 0.6) is 5.75 Å². The van der Waals surface area contributed by atoms with Gasteiger partial charge in [-0.2, -0.15) is 0 Å². The van der Waals surface area contributed by atoms with Gasteiger partial charge in [-0.25, -0.2) is 13.6 Å². The van der Waals surface area contributed by atoms with E-state index in [0.29, 0.717) is 11.3 Å². The largest absolute Gasteiger partial charge is 0.497 e. The van der Waals surface area contributed by atoms with Crippen molar-refractivity contribution in [1.29, 1.82) is 0 Å². The van der Waals surface area contributed by atoms with Crippen molar-refractivity contribution in [3.63, 3.8) is 0 Å². The molecule has 1 unspecified atom stereocenters. The maximum atomic E-state index is 13.4. The van der Waals surface area contributed by atoms with Crippen molar-refractivity contribution in [3.8, 4) is 5.75 Å². The maximum Gasteiger partial charge on any atom is 0.315 e. The molecule has 0 aliphatic heterocycles. The number of ether oxygens (including phenoxy) is 1. The van der Waals surface area contributed by atoms with Crippen LogP contribution in [0.2, 0.25) is 0 Å². The number of amides is 2. The molecule has 2 aromatic carbocycles. The second kappa shape index (κ2) is 8.26. The van der Waals surface area contributed by atoms with Crippen LogP contribution < -0.4 is 15.4 Å². The Morgan fingerprint density at radius 2 is 2.00 bits per heavy atom. The second-order valence-electron chi connectivity index (χ2n) is 5.09. The van der Waals surface area contributed by atoms with E-state index in [0.717, 1.165) is 18.2 Å². The lowest BCUT2D eigenvalue weighted by Gasteiger charge is -2.14. The highest BCUT2D eigenvalue weighted by Crippen LogP contribution is 2.18. The number of aliphatic hydroxyl groups excluding tert-OH is 1.